The van der Waals surface area contributed by atoms with Gasteiger partial charge in [0, 0.05) is 7.05 Å². The SMILES string of the molecule is CCc1cc(C(=O)N2CCOc3c2ccc(F)c3F)n(C)n1. The maximum Gasteiger partial charge on any atom is 0.276 e. The molecule has 7 heteroatoms. The van der Waals surface area contributed by atoms with Crippen molar-refractivity contribution in [2.75, 3.05) is 18.1 Å². The Balaban J connectivity index is 2.02. The van der Waals surface area contributed by atoms with Crippen molar-refractivity contribution in [3.05, 3.63) is 41.2 Å². The van der Waals surface area contributed by atoms with E-state index in [9.17, 15) is 13.6 Å². The number of hydrogen-bond donors (Lipinski definition) is 0. The van der Waals surface area contributed by atoms with E-state index < -0.39 is 11.6 Å². The third-order valence-electron chi connectivity index (χ3n) is 3.64. The van der Waals surface area contributed by atoms with E-state index in [0.717, 1.165) is 11.8 Å². The largest absolute Gasteiger partial charge is 0.486 e. The van der Waals surface area contributed by atoms with Gasteiger partial charge in [0.15, 0.2) is 11.6 Å². The minimum Gasteiger partial charge on any atom is -0.486 e. The van der Waals surface area contributed by atoms with E-state index >= 15 is 0 Å². The zero-order valence-electron chi connectivity index (χ0n) is 12.3. The Kier molecular flexibility index (Phi) is 3.56. The van der Waals surface area contributed by atoms with Gasteiger partial charge in [-0.25, -0.2) is 4.39 Å². The number of halogens is 2. The average Bonchev–Trinajstić information content (AvgIpc) is 2.91. The number of benzene rings is 1. The summed E-state index contributed by atoms with van der Waals surface area (Å²) in [6.07, 6.45) is 0.709. The molecule has 1 aromatic heterocycles. The molecule has 1 aliphatic heterocycles. The van der Waals surface area contributed by atoms with Crippen molar-refractivity contribution in [3.63, 3.8) is 0 Å². The number of aromatic nitrogens is 2. The molecule has 0 N–H and O–H groups in total. The first-order valence-electron chi connectivity index (χ1n) is 6.98. The molecule has 0 radical (unpaired) electrons. The van der Waals surface area contributed by atoms with Crippen molar-refractivity contribution in [1.82, 2.24) is 9.78 Å². The summed E-state index contributed by atoms with van der Waals surface area (Å²) in [6, 6.07) is 4.04. The molecule has 0 unspecified atom stereocenters. The summed E-state index contributed by atoms with van der Waals surface area (Å²) in [4.78, 5) is 14.1. The summed E-state index contributed by atoms with van der Waals surface area (Å²) in [5.74, 6) is -2.61. The third-order valence-corrected chi connectivity index (χ3v) is 3.64. The topological polar surface area (TPSA) is 47.4 Å². The summed E-state index contributed by atoms with van der Waals surface area (Å²) >= 11 is 0. The molecule has 116 valence electrons. The molecule has 1 aromatic carbocycles. The second-order valence-electron chi connectivity index (χ2n) is 5.01. The van der Waals surface area contributed by atoms with Crippen LogP contribution in [0, 0.1) is 11.6 Å². The molecule has 0 saturated carbocycles. The molecule has 1 amide bonds. The van der Waals surface area contributed by atoms with Crippen LogP contribution in [0.2, 0.25) is 0 Å². The van der Waals surface area contributed by atoms with Crippen molar-refractivity contribution >= 4 is 11.6 Å². The Morgan fingerprint density at radius 2 is 2.18 bits per heavy atom. The van der Waals surface area contributed by atoms with E-state index in [-0.39, 0.29) is 30.5 Å². The van der Waals surface area contributed by atoms with Crippen molar-refractivity contribution < 1.29 is 18.3 Å². The first kappa shape index (κ1) is 14.5. The van der Waals surface area contributed by atoms with Crippen LogP contribution in [0.4, 0.5) is 14.5 Å². The van der Waals surface area contributed by atoms with E-state index in [0.29, 0.717) is 12.1 Å². The number of aryl methyl sites for hydroxylation is 2. The van der Waals surface area contributed by atoms with Gasteiger partial charge in [-0.3, -0.25) is 9.48 Å². The molecule has 5 nitrogen and oxygen atoms in total. The van der Waals surface area contributed by atoms with Gasteiger partial charge in [0.2, 0.25) is 5.82 Å². The normalized spacial score (nSPS) is 13.7. The number of fused-ring (bicyclic) bond motifs is 1. The molecule has 2 aromatic rings. The minimum atomic E-state index is -1.07. The lowest BCUT2D eigenvalue weighted by molar-refractivity contribution is 0.0966. The third kappa shape index (κ3) is 2.22. The van der Waals surface area contributed by atoms with E-state index in [1.807, 2.05) is 6.92 Å². The van der Waals surface area contributed by atoms with Gasteiger partial charge >= 0.3 is 0 Å². The van der Waals surface area contributed by atoms with Crippen LogP contribution in [0.15, 0.2) is 18.2 Å². The fourth-order valence-electron chi connectivity index (χ4n) is 2.48. The zero-order chi connectivity index (χ0) is 15.9. The van der Waals surface area contributed by atoms with Gasteiger partial charge in [0.05, 0.1) is 17.9 Å². The molecular formula is C15H15F2N3O2. The number of carbonyl (C=O) groups is 1. The Hall–Kier alpha value is -2.44. The number of nitrogens with zero attached hydrogens (tertiary/aromatic N) is 3. The van der Waals surface area contributed by atoms with Crippen LogP contribution in [0.25, 0.3) is 0 Å². The molecule has 0 bridgehead atoms. The number of amides is 1. The van der Waals surface area contributed by atoms with E-state index in [4.69, 9.17) is 4.74 Å². The van der Waals surface area contributed by atoms with E-state index in [2.05, 4.69) is 5.10 Å². The average molecular weight is 307 g/mol. The number of carbonyl (C=O) groups excluding carboxylic acids is 1. The molecule has 0 spiro atoms. The summed E-state index contributed by atoms with van der Waals surface area (Å²) in [7, 11) is 1.68. The van der Waals surface area contributed by atoms with Gasteiger partial charge in [-0.1, -0.05) is 6.92 Å². The van der Waals surface area contributed by atoms with Gasteiger partial charge in [0.25, 0.3) is 5.91 Å². The molecule has 0 atom stereocenters. The fourth-order valence-corrected chi connectivity index (χ4v) is 2.48. The highest BCUT2D eigenvalue weighted by Crippen LogP contribution is 2.36. The molecule has 0 aliphatic carbocycles. The first-order valence-corrected chi connectivity index (χ1v) is 6.98. The highest BCUT2D eigenvalue weighted by atomic mass is 19.2. The van der Waals surface area contributed by atoms with E-state index in [1.165, 1.54) is 15.6 Å². The summed E-state index contributed by atoms with van der Waals surface area (Å²) in [6.45, 7) is 2.32. The van der Waals surface area contributed by atoms with Crippen LogP contribution < -0.4 is 9.64 Å². The number of hydrogen-bond acceptors (Lipinski definition) is 3. The fraction of sp³-hybridized carbons (Fsp3) is 0.333. The summed E-state index contributed by atoms with van der Waals surface area (Å²) in [5.41, 5.74) is 1.42. The molecule has 2 heterocycles. The monoisotopic (exact) mass is 307 g/mol. The van der Waals surface area contributed by atoms with Gasteiger partial charge in [-0.15, -0.1) is 0 Å². The maximum atomic E-state index is 13.8. The molecular weight excluding hydrogens is 292 g/mol. The van der Waals surface area contributed by atoms with Crippen molar-refractivity contribution in [1.29, 1.82) is 0 Å². The van der Waals surface area contributed by atoms with Gasteiger partial charge in [-0.2, -0.15) is 9.49 Å². The van der Waals surface area contributed by atoms with Gasteiger partial charge in [0.1, 0.15) is 12.3 Å². The first-order chi connectivity index (χ1) is 10.5. The Morgan fingerprint density at radius 3 is 2.86 bits per heavy atom. The molecule has 1 aliphatic rings. The van der Waals surface area contributed by atoms with Gasteiger partial charge < -0.3 is 9.64 Å². The van der Waals surface area contributed by atoms with Crippen LogP contribution in [0.1, 0.15) is 23.1 Å². The van der Waals surface area contributed by atoms with Crippen LogP contribution >= 0.6 is 0 Å². The van der Waals surface area contributed by atoms with Crippen LogP contribution in [-0.4, -0.2) is 28.8 Å². The number of rotatable bonds is 2. The zero-order valence-corrected chi connectivity index (χ0v) is 12.3. The lowest BCUT2D eigenvalue weighted by Crippen LogP contribution is -2.39. The quantitative estimate of drug-likeness (QED) is 0.855. The van der Waals surface area contributed by atoms with Crippen molar-refractivity contribution in [3.8, 4) is 5.75 Å². The molecule has 22 heavy (non-hydrogen) atoms. The van der Waals surface area contributed by atoms with Crippen LogP contribution in [-0.2, 0) is 13.5 Å². The Morgan fingerprint density at radius 1 is 1.41 bits per heavy atom. The molecule has 3 rings (SSSR count). The highest BCUT2D eigenvalue weighted by molar-refractivity contribution is 6.06. The highest BCUT2D eigenvalue weighted by Gasteiger charge is 2.29. The van der Waals surface area contributed by atoms with E-state index in [1.54, 1.807) is 13.1 Å². The predicted octanol–water partition coefficient (Wildman–Crippen LogP) is 2.30. The smallest absolute Gasteiger partial charge is 0.276 e. The van der Waals surface area contributed by atoms with Crippen molar-refractivity contribution in [2.24, 2.45) is 7.05 Å². The second-order valence-corrected chi connectivity index (χ2v) is 5.01. The summed E-state index contributed by atoms with van der Waals surface area (Å²) in [5, 5.41) is 4.24. The van der Waals surface area contributed by atoms with Crippen LogP contribution in [0.3, 0.4) is 0 Å². The number of anilines is 1. The van der Waals surface area contributed by atoms with Crippen molar-refractivity contribution in [2.45, 2.75) is 13.3 Å². The minimum absolute atomic E-state index is 0.109. The van der Waals surface area contributed by atoms with Gasteiger partial charge in [-0.05, 0) is 24.6 Å². The lowest BCUT2D eigenvalue weighted by Gasteiger charge is -2.29. The lowest BCUT2D eigenvalue weighted by atomic mass is 10.2. The molecule has 0 fully saturated rings. The number of ether oxygens (including phenoxy) is 1. The molecule has 0 saturated heterocycles. The summed E-state index contributed by atoms with van der Waals surface area (Å²) < 4.78 is 33.8. The van der Waals surface area contributed by atoms with Crippen LogP contribution in [0.5, 0.6) is 5.75 Å². The maximum absolute atomic E-state index is 13.8. The Bertz CT molecular complexity index is 743. The Labute approximate surface area is 126 Å². The predicted molar refractivity (Wildman–Crippen MR) is 76.1 cm³/mol. The second kappa shape index (κ2) is 5.40. The standard InChI is InChI=1S/C15H15F2N3O2/c1-3-9-8-12(19(2)18-9)15(21)20-6-7-22-14-11(20)5-4-10(16)13(14)17/h4-5,8H,3,6-7H2,1-2H3.